The predicted octanol–water partition coefficient (Wildman–Crippen LogP) is 4.66. The van der Waals surface area contributed by atoms with Crippen molar-refractivity contribution >= 4 is 15.9 Å². The molecule has 0 spiro atoms. The molecule has 1 heterocycles. The van der Waals surface area contributed by atoms with Crippen molar-refractivity contribution in [2.45, 2.75) is 50.7 Å². The molecule has 1 aromatic rings. The first-order valence-electron chi connectivity index (χ1n) is 7.59. The van der Waals surface area contributed by atoms with Crippen molar-refractivity contribution in [1.29, 1.82) is 0 Å². The van der Waals surface area contributed by atoms with Crippen LogP contribution < -0.4 is 0 Å². The van der Waals surface area contributed by atoms with Crippen LogP contribution in [-0.2, 0) is 14.9 Å². The van der Waals surface area contributed by atoms with Crippen molar-refractivity contribution < 1.29 is 9.47 Å². The molecule has 1 fully saturated rings. The zero-order valence-electron chi connectivity index (χ0n) is 12.3. The van der Waals surface area contributed by atoms with E-state index < -0.39 is 0 Å². The van der Waals surface area contributed by atoms with E-state index in [0.717, 1.165) is 37.8 Å². The van der Waals surface area contributed by atoms with Gasteiger partial charge in [-0.25, -0.2) is 0 Å². The summed E-state index contributed by atoms with van der Waals surface area (Å²) < 4.78 is 11.7. The first kappa shape index (κ1) is 16.0. The Balaban J connectivity index is 1.98. The fraction of sp³-hybridized carbons (Fsp3) is 0.647. The zero-order valence-corrected chi connectivity index (χ0v) is 13.9. The third kappa shape index (κ3) is 4.57. The van der Waals surface area contributed by atoms with Gasteiger partial charge in [-0.05, 0) is 37.7 Å². The molecule has 20 heavy (non-hydrogen) atoms. The normalized spacial score (nSPS) is 22.4. The van der Waals surface area contributed by atoms with Crippen molar-refractivity contribution in [2.24, 2.45) is 0 Å². The summed E-state index contributed by atoms with van der Waals surface area (Å²) in [5.41, 5.74) is 1.42. The number of hydrogen-bond donors (Lipinski definition) is 0. The van der Waals surface area contributed by atoms with Crippen LogP contribution in [0, 0.1) is 0 Å². The summed E-state index contributed by atoms with van der Waals surface area (Å²) in [7, 11) is 0. The molecule has 0 saturated carbocycles. The smallest absolute Gasteiger partial charge is 0.157 e. The van der Waals surface area contributed by atoms with Gasteiger partial charge < -0.3 is 9.47 Å². The highest BCUT2D eigenvalue weighted by molar-refractivity contribution is 9.09. The fourth-order valence-corrected chi connectivity index (χ4v) is 3.00. The molecule has 0 unspecified atom stereocenters. The Kier molecular flexibility index (Phi) is 6.53. The Bertz CT molecular complexity index is 376. The molecule has 1 saturated heterocycles. The van der Waals surface area contributed by atoms with Gasteiger partial charge in [0.05, 0.1) is 6.61 Å². The molecule has 112 valence electrons. The third-order valence-corrected chi connectivity index (χ3v) is 4.62. The molecule has 1 aromatic carbocycles. The van der Waals surface area contributed by atoms with Crippen LogP contribution >= 0.6 is 15.9 Å². The Labute approximate surface area is 131 Å². The van der Waals surface area contributed by atoms with Crippen molar-refractivity contribution in [2.75, 3.05) is 18.5 Å². The van der Waals surface area contributed by atoms with Gasteiger partial charge in [-0.1, -0.05) is 53.2 Å². The number of hydrogen-bond acceptors (Lipinski definition) is 2. The van der Waals surface area contributed by atoms with Crippen LogP contribution in [0.2, 0.25) is 0 Å². The fourth-order valence-electron chi connectivity index (χ4n) is 2.72. The molecule has 2 nitrogen and oxygen atoms in total. The summed E-state index contributed by atoms with van der Waals surface area (Å²) in [6, 6.07) is 10.7. The molecule has 0 amide bonds. The molecule has 0 bridgehead atoms. The van der Waals surface area contributed by atoms with Crippen LogP contribution in [0.25, 0.3) is 0 Å². The lowest BCUT2D eigenvalue weighted by atomic mass is 9.79. The van der Waals surface area contributed by atoms with Gasteiger partial charge in [-0.3, -0.25) is 0 Å². The van der Waals surface area contributed by atoms with E-state index in [9.17, 15) is 0 Å². The minimum Gasteiger partial charge on any atom is -0.353 e. The Hall–Kier alpha value is -0.380. The maximum atomic E-state index is 6.06. The molecule has 0 aliphatic carbocycles. The van der Waals surface area contributed by atoms with E-state index in [1.54, 1.807) is 0 Å². The van der Waals surface area contributed by atoms with E-state index in [-0.39, 0.29) is 11.7 Å². The van der Waals surface area contributed by atoms with E-state index in [2.05, 4.69) is 53.2 Å². The summed E-state index contributed by atoms with van der Waals surface area (Å²) in [6.45, 7) is 3.87. The lowest BCUT2D eigenvalue weighted by Crippen LogP contribution is -2.33. The summed E-state index contributed by atoms with van der Waals surface area (Å²) >= 11 is 3.54. The molecule has 1 aliphatic heterocycles. The van der Waals surface area contributed by atoms with Gasteiger partial charge in [0.15, 0.2) is 6.29 Å². The van der Waals surface area contributed by atoms with Gasteiger partial charge in [0, 0.05) is 17.4 Å². The highest BCUT2D eigenvalue weighted by atomic mass is 79.9. The van der Waals surface area contributed by atoms with Gasteiger partial charge >= 0.3 is 0 Å². The first-order chi connectivity index (χ1) is 9.74. The maximum absolute atomic E-state index is 6.06. The molecule has 0 radical (unpaired) electrons. The Morgan fingerprint density at radius 2 is 2.10 bits per heavy atom. The van der Waals surface area contributed by atoms with Gasteiger partial charge in [-0.15, -0.1) is 0 Å². The summed E-state index contributed by atoms with van der Waals surface area (Å²) in [4.78, 5) is 0. The van der Waals surface area contributed by atoms with Gasteiger partial charge in [0.2, 0.25) is 0 Å². The second-order valence-electron chi connectivity index (χ2n) is 5.83. The van der Waals surface area contributed by atoms with Crippen molar-refractivity contribution in [3.63, 3.8) is 0 Å². The van der Waals surface area contributed by atoms with Crippen molar-refractivity contribution in [3.05, 3.63) is 35.9 Å². The molecular weight excluding hydrogens is 316 g/mol. The zero-order chi connectivity index (χ0) is 14.3. The topological polar surface area (TPSA) is 18.5 Å². The summed E-state index contributed by atoms with van der Waals surface area (Å²) in [6.07, 6.45) is 5.68. The van der Waals surface area contributed by atoms with Crippen LogP contribution in [-0.4, -0.2) is 24.8 Å². The SMILES string of the molecule is C[C@](CCCBr)(CO[C@H]1CCCCO1)c1ccccc1. The predicted molar refractivity (Wildman–Crippen MR) is 86.4 cm³/mol. The van der Waals surface area contributed by atoms with Crippen molar-refractivity contribution in [1.82, 2.24) is 0 Å². The molecule has 3 heteroatoms. The van der Waals surface area contributed by atoms with Gasteiger partial charge in [0.1, 0.15) is 0 Å². The highest BCUT2D eigenvalue weighted by Gasteiger charge is 2.28. The summed E-state index contributed by atoms with van der Waals surface area (Å²) in [5.74, 6) is 0. The van der Waals surface area contributed by atoms with Crippen LogP contribution in [0.15, 0.2) is 30.3 Å². The molecule has 2 atom stereocenters. The number of alkyl halides is 1. The van der Waals surface area contributed by atoms with E-state index in [1.165, 1.54) is 18.4 Å². The quantitative estimate of drug-likeness (QED) is 0.672. The average molecular weight is 341 g/mol. The Morgan fingerprint density at radius 3 is 2.75 bits per heavy atom. The molecule has 2 rings (SSSR count). The minimum absolute atomic E-state index is 0.00393. The third-order valence-electron chi connectivity index (χ3n) is 4.06. The monoisotopic (exact) mass is 340 g/mol. The standard InChI is InChI=1S/C17H25BrO2/c1-17(11-7-12-18,15-8-3-2-4-9-15)14-20-16-10-5-6-13-19-16/h2-4,8-9,16H,5-7,10-14H2,1H3/t16-,17-/m0/s1. The average Bonchev–Trinajstić information content (AvgIpc) is 2.53. The van der Waals surface area contributed by atoms with E-state index in [0.29, 0.717) is 0 Å². The lowest BCUT2D eigenvalue weighted by Gasteiger charge is -2.33. The van der Waals surface area contributed by atoms with Crippen LogP contribution in [0.1, 0.15) is 44.6 Å². The second-order valence-corrected chi connectivity index (χ2v) is 6.62. The molecular formula is C17H25BrO2. The number of benzene rings is 1. The van der Waals surface area contributed by atoms with E-state index in [1.807, 2.05) is 0 Å². The maximum Gasteiger partial charge on any atom is 0.157 e. The van der Waals surface area contributed by atoms with Gasteiger partial charge in [-0.2, -0.15) is 0 Å². The minimum atomic E-state index is -0.00393. The number of halogens is 1. The number of ether oxygens (including phenoxy) is 2. The van der Waals surface area contributed by atoms with E-state index in [4.69, 9.17) is 9.47 Å². The molecule has 0 N–H and O–H groups in total. The van der Waals surface area contributed by atoms with Crippen LogP contribution in [0.4, 0.5) is 0 Å². The number of rotatable bonds is 7. The highest BCUT2D eigenvalue weighted by Crippen LogP contribution is 2.31. The van der Waals surface area contributed by atoms with Crippen LogP contribution in [0.5, 0.6) is 0 Å². The Morgan fingerprint density at radius 1 is 1.30 bits per heavy atom. The van der Waals surface area contributed by atoms with Crippen molar-refractivity contribution in [3.8, 4) is 0 Å². The first-order valence-corrected chi connectivity index (χ1v) is 8.71. The lowest BCUT2D eigenvalue weighted by molar-refractivity contribution is -0.171. The summed E-state index contributed by atoms with van der Waals surface area (Å²) in [5, 5.41) is 1.04. The van der Waals surface area contributed by atoms with E-state index >= 15 is 0 Å². The van der Waals surface area contributed by atoms with Crippen LogP contribution in [0.3, 0.4) is 0 Å². The largest absolute Gasteiger partial charge is 0.353 e. The second kappa shape index (κ2) is 8.16. The van der Waals surface area contributed by atoms with Gasteiger partial charge in [0.25, 0.3) is 0 Å². The molecule has 0 aromatic heterocycles. The molecule has 1 aliphatic rings.